The number of nitrogens with one attached hydrogen (secondary N) is 1. The van der Waals surface area contributed by atoms with Gasteiger partial charge in [0.1, 0.15) is 5.82 Å². The van der Waals surface area contributed by atoms with Gasteiger partial charge in [0.05, 0.1) is 0 Å². The molecule has 1 aliphatic carbocycles. The van der Waals surface area contributed by atoms with Crippen LogP contribution in [0.1, 0.15) is 35.1 Å². The molecule has 0 aromatic heterocycles. The minimum absolute atomic E-state index is 0.120. The van der Waals surface area contributed by atoms with E-state index in [0.29, 0.717) is 6.04 Å². The quantitative estimate of drug-likeness (QED) is 0.859. The molecule has 1 N–H and O–H groups in total. The summed E-state index contributed by atoms with van der Waals surface area (Å²) < 4.78 is 14.5. The van der Waals surface area contributed by atoms with Crippen molar-refractivity contribution in [2.75, 3.05) is 0 Å². The molecule has 0 atom stereocenters. The average Bonchev–Trinajstić information content (AvgIpc) is 3.20. The Balaban J connectivity index is 2.05. The smallest absolute Gasteiger partial charge is 0.131 e. The Morgan fingerprint density at radius 1 is 1.05 bits per heavy atom. The van der Waals surface area contributed by atoms with Crippen LogP contribution in [0.25, 0.3) is 11.1 Å². The zero-order valence-electron chi connectivity index (χ0n) is 13.0. The van der Waals surface area contributed by atoms with E-state index in [9.17, 15) is 4.39 Å². The van der Waals surface area contributed by atoms with Gasteiger partial charge in [-0.25, -0.2) is 4.39 Å². The number of hydrogen-bond donors (Lipinski definition) is 1. The Bertz CT molecular complexity index is 648. The summed E-state index contributed by atoms with van der Waals surface area (Å²) in [5.41, 5.74) is 6.10. The molecule has 110 valence electrons. The highest BCUT2D eigenvalue weighted by molar-refractivity contribution is 5.72. The zero-order valence-corrected chi connectivity index (χ0v) is 13.0. The van der Waals surface area contributed by atoms with Crippen LogP contribution in [0.5, 0.6) is 0 Å². The SMILES string of the molecule is Cc1cc(C)c(-c2cc(C)ccc2CNC2CC2)c(F)c1. The van der Waals surface area contributed by atoms with Crippen molar-refractivity contribution < 1.29 is 4.39 Å². The van der Waals surface area contributed by atoms with Crippen molar-refractivity contribution in [3.63, 3.8) is 0 Å². The molecule has 0 spiro atoms. The van der Waals surface area contributed by atoms with Gasteiger partial charge in [-0.3, -0.25) is 0 Å². The van der Waals surface area contributed by atoms with Gasteiger partial charge >= 0.3 is 0 Å². The fourth-order valence-electron chi connectivity index (χ4n) is 2.88. The molecule has 0 heterocycles. The lowest BCUT2D eigenvalue weighted by Gasteiger charge is -2.15. The first-order valence-corrected chi connectivity index (χ1v) is 7.64. The van der Waals surface area contributed by atoms with Gasteiger partial charge in [0.25, 0.3) is 0 Å². The monoisotopic (exact) mass is 283 g/mol. The Morgan fingerprint density at radius 3 is 2.48 bits per heavy atom. The number of halogens is 1. The highest BCUT2D eigenvalue weighted by Gasteiger charge is 2.21. The van der Waals surface area contributed by atoms with Crippen molar-refractivity contribution in [1.82, 2.24) is 5.32 Å². The summed E-state index contributed by atoms with van der Waals surface area (Å²) in [5.74, 6) is -0.120. The van der Waals surface area contributed by atoms with Crippen LogP contribution in [-0.2, 0) is 6.54 Å². The fourth-order valence-corrected chi connectivity index (χ4v) is 2.88. The van der Waals surface area contributed by atoms with Gasteiger partial charge in [-0.15, -0.1) is 0 Å². The van der Waals surface area contributed by atoms with E-state index in [0.717, 1.165) is 28.8 Å². The highest BCUT2D eigenvalue weighted by atomic mass is 19.1. The third-order valence-corrected chi connectivity index (χ3v) is 4.12. The van der Waals surface area contributed by atoms with Crippen molar-refractivity contribution in [2.24, 2.45) is 0 Å². The van der Waals surface area contributed by atoms with E-state index in [-0.39, 0.29) is 5.82 Å². The van der Waals surface area contributed by atoms with Gasteiger partial charge in [-0.1, -0.05) is 29.8 Å². The lowest BCUT2D eigenvalue weighted by atomic mass is 9.93. The Hall–Kier alpha value is -1.67. The molecule has 0 amide bonds. The maximum Gasteiger partial charge on any atom is 0.131 e. The second-order valence-electron chi connectivity index (χ2n) is 6.25. The molecule has 2 aromatic rings. The molecule has 0 radical (unpaired) electrons. The van der Waals surface area contributed by atoms with Crippen LogP contribution in [-0.4, -0.2) is 6.04 Å². The number of aryl methyl sites for hydroxylation is 3. The maximum atomic E-state index is 14.5. The van der Waals surface area contributed by atoms with Gasteiger partial charge in [0.2, 0.25) is 0 Å². The second kappa shape index (κ2) is 5.61. The van der Waals surface area contributed by atoms with Crippen LogP contribution in [0.2, 0.25) is 0 Å². The average molecular weight is 283 g/mol. The van der Waals surface area contributed by atoms with E-state index in [4.69, 9.17) is 0 Å². The standard InChI is InChI=1S/C19H22FN/c1-12-4-5-15(11-21-16-6-7-16)17(9-12)19-14(3)8-13(2)10-18(19)20/h4-5,8-10,16,21H,6-7,11H2,1-3H3. The van der Waals surface area contributed by atoms with Gasteiger partial charge in [0.15, 0.2) is 0 Å². The van der Waals surface area contributed by atoms with Gasteiger partial charge < -0.3 is 5.32 Å². The van der Waals surface area contributed by atoms with Crippen LogP contribution in [0.15, 0.2) is 30.3 Å². The van der Waals surface area contributed by atoms with Crippen LogP contribution in [0.4, 0.5) is 4.39 Å². The van der Waals surface area contributed by atoms with Crippen molar-refractivity contribution in [3.05, 3.63) is 58.4 Å². The first-order valence-electron chi connectivity index (χ1n) is 7.64. The van der Waals surface area contributed by atoms with E-state index in [1.165, 1.54) is 24.0 Å². The van der Waals surface area contributed by atoms with Gasteiger partial charge in [0, 0.05) is 18.2 Å². The van der Waals surface area contributed by atoms with Gasteiger partial charge in [-0.05, 0) is 61.9 Å². The zero-order chi connectivity index (χ0) is 15.0. The molecule has 2 heteroatoms. The van der Waals surface area contributed by atoms with Crippen LogP contribution < -0.4 is 5.32 Å². The lowest BCUT2D eigenvalue weighted by molar-refractivity contribution is 0.628. The van der Waals surface area contributed by atoms with Crippen molar-refractivity contribution in [1.29, 1.82) is 0 Å². The molecule has 2 aromatic carbocycles. The molecule has 1 saturated carbocycles. The molecule has 0 unspecified atom stereocenters. The van der Waals surface area contributed by atoms with Crippen molar-refractivity contribution >= 4 is 0 Å². The minimum atomic E-state index is -0.120. The van der Waals surface area contributed by atoms with Crippen LogP contribution in [0.3, 0.4) is 0 Å². The predicted molar refractivity (Wildman–Crippen MR) is 85.9 cm³/mol. The fraction of sp³-hybridized carbons (Fsp3) is 0.368. The molecule has 3 rings (SSSR count). The molecule has 0 bridgehead atoms. The Labute approximate surface area is 126 Å². The lowest BCUT2D eigenvalue weighted by Crippen LogP contribution is -2.16. The third kappa shape index (κ3) is 3.16. The van der Waals surface area contributed by atoms with Crippen LogP contribution >= 0.6 is 0 Å². The summed E-state index contributed by atoms with van der Waals surface area (Å²) in [4.78, 5) is 0. The molecule has 1 nitrogen and oxygen atoms in total. The molecular weight excluding hydrogens is 261 g/mol. The summed E-state index contributed by atoms with van der Waals surface area (Å²) in [6.45, 7) is 6.80. The largest absolute Gasteiger partial charge is 0.310 e. The first kappa shape index (κ1) is 14.3. The first-order chi connectivity index (χ1) is 10.0. The summed E-state index contributed by atoms with van der Waals surface area (Å²) in [7, 11) is 0. The summed E-state index contributed by atoms with van der Waals surface area (Å²) >= 11 is 0. The third-order valence-electron chi connectivity index (χ3n) is 4.12. The van der Waals surface area contributed by atoms with Gasteiger partial charge in [-0.2, -0.15) is 0 Å². The minimum Gasteiger partial charge on any atom is -0.310 e. The van der Waals surface area contributed by atoms with E-state index in [1.54, 1.807) is 6.07 Å². The molecule has 0 saturated heterocycles. The van der Waals surface area contributed by atoms with E-state index in [1.807, 2.05) is 13.8 Å². The molecular formula is C19H22FN. The van der Waals surface area contributed by atoms with E-state index < -0.39 is 0 Å². The van der Waals surface area contributed by atoms with E-state index >= 15 is 0 Å². The molecule has 21 heavy (non-hydrogen) atoms. The normalized spacial score (nSPS) is 14.5. The molecule has 0 aliphatic heterocycles. The summed E-state index contributed by atoms with van der Waals surface area (Å²) in [5, 5.41) is 3.53. The summed E-state index contributed by atoms with van der Waals surface area (Å²) in [6.07, 6.45) is 2.53. The van der Waals surface area contributed by atoms with Crippen molar-refractivity contribution in [3.8, 4) is 11.1 Å². The van der Waals surface area contributed by atoms with E-state index in [2.05, 4.69) is 36.5 Å². The second-order valence-corrected chi connectivity index (χ2v) is 6.25. The number of rotatable bonds is 4. The molecule has 1 aliphatic rings. The van der Waals surface area contributed by atoms with Crippen molar-refractivity contribution in [2.45, 2.75) is 46.2 Å². The molecule has 1 fully saturated rings. The Morgan fingerprint density at radius 2 is 1.81 bits per heavy atom. The van der Waals surface area contributed by atoms with Crippen LogP contribution in [0, 0.1) is 26.6 Å². The predicted octanol–water partition coefficient (Wildman–Crippen LogP) is 4.67. The number of benzene rings is 2. The highest BCUT2D eigenvalue weighted by Crippen LogP contribution is 2.32. The maximum absolute atomic E-state index is 14.5. The Kier molecular flexibility index (Phi) is 3.81. The topological polar surface area (TPSA) is 12.0 Å². The number of hydrogen-bond acceptors (Lipinski definition) is 1. The summed E-state index contributed by atoms with van der Waals surface area (Å²) in [6, 6.07) is 10.7.